The average Bonchev–Trinajstić information content (AvgIpc) is 3.20. The minimum atomic E-state index is -0.348. The van der Waals surface area contributed by atoms with Crippen molar-refractivity contribution in [1.82, 2.24) is 20.1 Å². The molecule has 3 rings (SSSR count). The van der Waals surface area contributed by atoms with Gasteiger partial charge in [-0.3, -0.25) is 9.59 Å². The molecule has 162 valence electrons. The van der Waals surface area contributed by atoms with Gasteiger partial charge in [0.2, 0.25) is 0 Å². The zero-order chi connectivity index (χ0) is 22.4. The number of hydrogen-bond acceptors (Lipinski definition) is 6. The van der Waals surface area contributed by atoms with Crippen LogP contribution in [0.15, 0.2) is 58.2 Å². The summed E-state index contributed by atoms with van der Waals surface area (Å²) >= 11 is 4.73. The van der Waals surface area contributed by atoms with Gasteiger partial charge in [-0.05, 0) is 66.2 Å². The van der Waals surface area contributed by atoms with Gasteiger partial charge in [-0.25, -0.2) is 0 Å². The lowest BCUT2D eigenvalue weighted by atomic mass is 10.1. The highest BCUT2D eigenvalue weighted by atomic mass is 79.9. The van der Waals surface area contributed by atoms with Gasteiger partial charge >= 0.3 is 0 Å². The van der Waals surface area contributed by atoms with E-state index < -0.39 is 0 Å². The predicted octanol–water partition coefficient (Wildman–Crippen LogP) is 4.54. The molecule has 1 aromatic heterocycles. The number of aromatic nitrogens is 3. The molecule has 0 saturated carbocycles. The van der Waals surface area contributed by atoms with Crippen LogP contribution in [-0.2, 0) is 6.54 Å². The maximum atomic E-state index is 12.6. The number of benzene rings is 2. The fourth-order valence-electron chi connectivity index (χ4n) is 3.00. The minimum absolute atomic E-state index is 0.00450. The molecule has 0 radical (unpaired) electrons. The number of carbonyl (C=O) groups is 2. The van der Waals surface area contributed by atoms with E-state index >= 15 is 0 Å². The van der Waals surface area contributed by atoms with Gasteiger partial charge in [-0.1, -0.05) is 23.9 Å². The number of ether oxygens (including phenoxy) is 1. The average molecular weight is 503 g/mol. The summed E-state index contributed by atoms with van der Waals surface area (Å²) in [5, 5.41) is 12.1. The maximum Gasteiger partial charge on any atom is 0.253 e. The fraction of sp³-hybridized carbons (Fsp3) is 0.273. The van der Waals surface area contributed by atoms with Gasteiger partial charge in [0.25, 0.3) is 5.91 Å². The summed E-state index contributed by atoms with van der Waals surface area (Å²) in [6.45, 7) is 4.46. The molecule has 7 nitrogen and oxygen atoms in total. The molecule has 0 aliphatic rings. The number of ketones is 1. The van der Waals surface area contributed by atoms with Crippen molar-refractivity contribution in [3.05, 3.63) is 70.0 Å². The van der Waals surface area contributed by atoms with Crippen molar-refractivity contribution in [2.75, 3.05) is 12.9 Å². The van der Waals surface area contributed by atoms with Crippen molar-refractivity contribution in [3.8, 4) is 5.75 Å². The summed E-state index contributed by atoms with van der Waals surface area (Å²) in [4.78, 5) is 25.1. The van der Waals surface area contributed by atoms with Gasteiger partial charge in [0, 0.05) is 16.6 Å². The van der Waals surface area contributed by atoms with Crippen molar-refractivity contribution in [2.24, 2.45) is 0 Å². The first kappa shape index (κ1) is 23.0. The third kappa shape index (κ3) is 5.54. The van der Waals surface area contributed by atoms with Crippen LogP contribution in [0, 0.1) is 0 Å². The van der Waals surface area contributed by atoms with E-state index in [2.05, 4.69) is 31.4 Å². The van der Waals surface area contributed by atoms with E-state index in [-0.39, 0.29) is 23.5 Å². The van der Waals surface area contributed by atoms with Gasteiger partial charge in [0.1, 0.15) is 5.75 Å². The van der Waals surface area contributed by atoms with Crippen molar-refractivity contribution in [2.45, 2.75) is 31.6 Å². The maximum absolute atomic E-state index is 12.6. The highest BCUT2D eigenvalue weighted by Crippen LogP contribution is 2.23. The number of nitrogens with one attached hydrogen (secondary N) is 1. The number of amides is 1. The van der Waals surface area contributed by atoms with Crippen molar-refractivity contribution < 1.29 is 14.3 Å². The molecule has 1 atom stereocenters. The number of halogens is 1. The molecule has 1 amide bonds. The van der Waals surface area contributed by atoms with Crippen LogP contribution in [-0.4, -0.2) is 39.3 Å². The van der Waals surface area contributed by atoms with Crippen molar-refractivity contribution in [1.29, 1.82) is 0 Å². The number of carbonyl (C=O) groups excluding carboxylic acids is 2. The lowest BCUT2D eigenvalue weighted by Crippen LogP contribution is -2.29. The summed E-state index contributed by atoms with van der Waals surface area (Å²) in [6, 6.07) is 13.9. The summed E-state index contributed by atoms with van der Waals surface area (Å²) in [6.07, 6.45) is 0. The van der Waals surface area contributed by atoms with Crippen LogP contribution in [0.3, 0.4) is 0 Å². The van der Waals surface area contributed by atoms with E-state index in [0.29, 0.717) is 34.4 Å². The Morgan fingerprint density at radius 2 is 1.87 bits per heavy atom. The smallest absolute Gasteiger partial charge is 0.253 e. The van der Waals surface area contributed by atoms with Gasteiger partial charge < -0.3 is 14.6 Å². The molecule has 1 unspecified atom stereocenters. The Labute approximate surface area is 193 Å². The van der Waals surface area contributed by atoms with E-state index in [4.69, 9.17) is 4.74 Å². The third-order valence-corrected chi connectivity index (χ3v) is 6.32. The molecule has 0 saturated heterocycles. The molecule has 1 N–H and O–H groups in total. The SMILES string of the molecule is CCn1c(SCC(=O)c2ccc(OC)cc2)nnc1C(C)NC(=O)c1ccccc1Br. The topological polar surface area (TPSA) is 86.1 Å². The molecule has 9 heteroatoms. The molecule has 0 bridgehead atoms. The van der Waals surface area contributed by atoms with Crippen molar-refractivity contribution >= 4 is 39.4 Å². The Morgan fingerprint density at radius 3 is 2.52 bits per heavy atom. The Balaban J connectivity index is 1.67. The van der Waals surface area contributed by atoms with Gasteiger partial charge in [0.05, 0.1) is 24.5 Å². The Kier molecular flexibility index (Phi) is 7.86. The van der Waals surface area contributed by atoms with Gasteiger partial charge in [0.15, 0.2) is 16.8 Å². The summed E-state index contributed by atoms with van der Waals surface area (Å²) in [7, 11) is 1.59. The van der Waals surface area contributed by atoms with Crippen LogP contribution >= 0.6 is 27.7 Å². The van der Waals surface area contributed by atoms with Gasteiger partial charge in [-0.15, -0.1) is 10.2 Å². The molecular weight excluding hydrogens is 480 g/mol. The highest BCUT2D eigenvalue weighted by Gasteiger charge is 2.21. The molecule has 2 aromatic carbocycles. The number of rotatable bonds is 9. The number of hydrogen-bond donors (Lipinski definition) is 1. The predicted molar refractivity (Wildman–Crippen MR) is 124 cm³/mol. The first-order valence-electron chi connectivity index (χ1n) is 9.73. The second-order valence-electron chi connectivity index (χ2n) is 6.70. The quantitative estimate of drug-likeness (QED) is 0.341. The van der Waals surface area contributed by atoms with Gasteiger partial charge in [-0.2, -0.15) is 0 Å². The lowest BCUT2D eigenvalue weighted by molar-refractivity contribution is 0.0936. The summed E-state index contributed by atoms with van der Waals surface area (Å²) < 4.78 is 7.77. The molecule has 31 heavy (non-hydrogen) atoms. The number of thioether (sulfide) groups is 1. The first-order chi connectivity index (χ1) is 14.9. The molecular formula is C22H23BrN4O3S. The van der Waals surface area contributed by atoms with Crippen LogP contribution in [0.4, 0.5) is 0 Å². The Morgan fingerprint density at radius 1 is 1.16 bits per heavy atom. The molecule has 1 heterocycles. The number of methoxy groups -OCH3 is 1. The molecule has 0 fully saturated rings. The lowest BCUT2D eigenvalue weighted by Gasteiger charge is -2.15. The van der Waals surface area contributed by atoms with Crippen LogP contribution in [0.2, 0.25) is 0 Å². The second-order valence-corrected chi connectivity index (χ2v) is 8.50. The molecule has 0 aliphatic heterocycles. The van der Waals surface area contributed by atoms with E-state index in [1.807, 2.05) is 36.6 Å². The van der Waals surface area contributed by atoms with Crippen LogP contribution < -0.4 is 10.1 Å². The van der Waals surface area contributed by atoms with Crippen molar-refractivity contribution in [3.63, 3.8) is 0 Å². The van der Waals surface area contributed by atoms with E-state index in [1.165, 1.54) is 11.8 Å². The first-order valence-corrected chi connectivity index (χ1v) is 11.5. The Hall–Kier alpha value is -2.65. The Bertz CT molecular complexity index is 1070. The minimum Gasteiger partial charge on any atom is -0.497 e. The normalized spacial score (nSPS) is 11.7. The highest BCUT2D eigenvalue weighted by molar-refractivity contribution is 9.10. The molecule has 0 spiro atoms. The zero-order valence-electron chi connectivity index (χ0n) is 17.5. The monoisotopic (exact) mass is 502 g/mol. The van der Waals surface area contributed by atoms with E-state index in [0.717, 1.165) is 4.47 Å². The zero-order valence-corrected chi connectivity index (χ0v) is 19.9. The summed E-state index contributed by atoms with van der Waals surface area (Å²) in [5.74, 6) is 1.38. The molecule has 3 aromatic rings. The third-order valence-electron chi connectivity index (χ3n) is 4.66. The van der Waals surface area contributed by atoms with Crippen LogP contribution in [0.25, 0.3) is 0 Å². The van der Waals surface area contributed by atoms with Crippen LogP contribution in [0.5, 0.6) is 5.75 Å². The van der Waals surface area contributed by atoms with Crippen LogP contribution in [0.1, 0.15) is 46.4 Å². The largest absolute Gasteiger partial charge is 0.497 e. The second kappa shape index (κ2) is 10.6. The fourth-order valence-corrected chi connectivity index (χ4v) is 4.37. The number of Topliss-reactive ketones (excluding diaryl/α,β-unsaturated/α-hetero) is 1. The number of nitrogens with zero attached hydrogens (tertiary/aromatic N) is 3. The van der Waals surface area contributed by atoms with E-state index in [1.54, 1.807) is 37.4 Å². The summed E-state index contributed by atoms with van der Waals surface area (Å²) in [5.41, 5.74) is 1.17. The van der Waals surface area contributed by atoms with E-state index in [9.17, 15) is 9.59 Å². The molecule has 0 aliphatic carbocycles. The standard InChI is InChI=1S/C22H23BrN4O3S/c1-4-27-20(14(2)24-21(29)17-7-5-6-8-18(17)23)25-26-22(27)31-13-19(28)15-9-11-16(30-3)12-10-15/h5-12,14H,4,13H2,1-3H3,(H,24,29).